The van der Waals surface area contributed by atoms with E-state index < -0.39 is 0 Å². The smallest absolute Gasteiger partial charge is 0.229 e. The molecule has 1 aliphatic heterocycles. The number of hydrogen-bond acceptors (Lipinski definition) is 6. The topological polar surface area (TPSA) is 53.5 Å². The molecule has 0 aliphatic carbocycles. The summed E-state index contributed by atoms with van der Waals surface area (Å²) >= 11 is 0. The number of piperazine rings is 1. The van der Waals surface area contributed by atoms with Crippen LogP contribution in [0.5, 0.6) is 5.75 Å². The second-order valence-corrected chi connectivity index (χ2v) is 6.90. The van der Waals surface area contributed by atoms with Crippen molar-refractivity contribution in [3.8, 4) is 5.75 Å². The Balaban J connectivity index is 1.79. The summed E-state index contributed by atoms with van der Waals surface area (Å²) in [5.74, 6) is 2.40. The molecule has 1 aromatic carbocycles. The fourth-order valence-electron chi connectivity index (χ4n) is 3.11. The molecule has 2 aromatic rings. The molecular formula is C20H29N5O. The third-order valence-electron chi connectivity index (χ3n) is 4.48. The van der Waals surface area contributed by atoms with E-state index in [-0.39, 0.29) is 6.10 Å². The van der Waals surface area contributed by atoms with Crippen molar-refractivity contribution in [2.75, 3.05) is 42.9 Å². The molecule has 1 fully saturated rings. The van der Waals surface area contributed by atoms with Crippen molar-refractivity contribution in [2.45, 2.75) is 33.8 Å². The lowest BCUT2D eigenvalue weighted by Crippen LogP contribution is -2.46. The monoisotopic (exact) mass is 355 g/mol. The van der Waals surface area contributed by atoms with Gasteiger partial charge in [-0.2, -0.15) is 4.98 Å². The maximum atomic E-state index is 5.88. The summed E-state index contributed by atoms with van der Waals surface area (Å²) < 4.78 is 5.88. The highest BCUT2D eigenvalue weighted by molar-refractivity contribution is 5.63. The summed E-state index contributed by atoms with van der Waals surface area (Å²) in [6.45, 7) is 13.5. The molecule has 1 aromatic heterocycles. The van der Waals surface area contributed by atoms with Gasteiger partial charge in [-0.15, -0.1) is 0 Å². The maximum absolute atomic E-state index is 5.88. The number of likely N-dealkylation sites (N-methyl/N-ethyl adjacent to an activating group) is 1. The predicted octanol–water partition coefficient (Wildman–Crippen LogP) is 3.46. The summed E-state index contributed by atoms with van der Waals surface area (Å²) in [4.78, 5) is 14.1. The van der Waals surface area contributed by atoms with E-state index >= 15 is 0 Å². The van der Waals surface area contributed by atoms with Crippen LogP contribution in [0.4, 0.5) is 17.5 Å². The Kier molecular flexibility index (Phi) is 5.93. The van der Waals surface area contributed by atoms with E-state index in [1.54, 1.807) is 0 Å². The zero-order chi connectivity index (χ0) is 18.5. The van der Waals surface area contributed by atoms with Gasteiger partial charge in [-0.3, -0.25) is 0 Å². The molecule has 0 bridgehead atoms. The number of hydrogen-bond donors (Lipinski definition) is 1. The number of aryl methyl sites for hydroxylation is 1. The van der Waals surface area contributed by atoms with Gasteiger partial charge in [0.25, 0.3) is 0 Å². The maximum Gasteiger partial charge on any atom is 0.229 e. The zero-order valence-corrected chi connectivity index (χ0v) is 16.2. The Morgan fingerprint density at radius 1 is 1.12 bits per heavy atom. The van der Waals surface area contributed by atoms with Crippen molar-refractivity contribution in [1.29, 1.82) is 0 Å². The molecule has 140 valence electrons. The van der Waals surface area contributed by atoms with Gasteiger partial charge in [0.15, 0.2) is 0 Å². The Bertz CT molecular complexity index is 726. The summed E-state index contributed by atoms with van der Waals surface area (Å²) in [6.07, 6.45) is 0.113. The third kappa shape index (κ3) is 4.64. The largest absolute Gasteiger partial charge is 0.489 e. The van der Waals surface area contributed by atoms with E-state index in [4.69, 9.17) is 9.72 Å². The first kappa shape index (κ1) is 18.5. The minimum atomic E-state index is 0.113. The van der Waals surface area contributed by atoms with Gasteiger partial charge in [0.2, 0.25) is 5.95 Å². The number of nitrogens with zero attached hydrogens (tertiary/aromatic N) is 4. The van der Waals surface area contributed by atoms with Crippen molar-refractivity contribution in [3.05, 3.63) is 36.0 Å². The number of benzene rings is 1. The first-order valence-electron chi connectivity index (χ1n) is 9.41. The molecule has 1 N–H and O–H groups in total. The number of nitrogens with one attached hydrogen (secondary N) is 1. The first-order valence-corrected chi connectivity index (χ1v) is 9.41. The molecule has 6 nitrogen and oxygen atoms in total. The van der Waals surface area contributed by atoms with Gasteiger partial charge in [-0.1, -0.05) is 19.1 Å². The highest BCUT2D eigenvalue weighted by Crippen LogP contribution is 2.28. The van der Waals surface area contributed by atoms with Crippen molar-refractivity contribution in [3.63, 3.8) is 0 Å². The van der Waals surface area contributed by atoms with Gasteiger partial charge in [0.05, 0.1) is 11.8 Å². The van der Waals surface area contributed by atoms with Crippen molar-refractivity contribution < 1.29 is 4.74 Å². The number of para-hydroxylation sites is 2. The van der Waals surface area contributed by atoms with Crippen LogP contribution in [0.3, 0.4) is 0 Å². The van der Waals surface area contributed by atoms with Crippen LogP contribution in [0.2, 0.25) is 0 Å². The van der Waals surface area contributed by atoms with Crippen LogP contribution in [0.1, 0.15) is 26.5 Å². The van der Waals surface area contributed by atoms with Crippen LogP contribution in [0.15, 0.2) is 30.3 Å². The summed E-state index contributed by atoms with van der Waals surface area (Å²) in [7, 11) is 0. The standard InChI is InChI=1S/C20H29N5O/c1-5-24-10-12-25(13-11-24)19-14-16(4)21-20(23-19)22-17-8-6-7-9-18(17)26-15(2)3/h6-9,14-15H,5,10-13H2,1-4H3,(H,21,22,23). The van der Waals surface area contributed by atoms with Crippen molar-refractivity contribution in [1.82, 2.24) is 14.9 Å². The molecule has 0 radical (unpaired) electrons. The van der Waals surface area contributed by atoms with E-state index in [2.05, 4.69) is 33.1 Å². The molecule has 26 heavy (non-hydrogen) atoms. The van der Waals surface area contributed by atoms with Crippen LogP contribution in [0.25, 0.3) is 0 Å². The Morgan fingerprint density at radius 2 is 1.85 bits per heavy atom. The predicted molar refractivity (Wildman–Crippen MR) is 107 cm³/mol. The molecule has 0 spiro atoms. The minimum absolute atomic E-state index is 0.113. The van der Waals surface area contributed by atoms with E-state index in [0.29, 0.717) is 5.95 Å². The minimum Gasteiger partial charge on any atom is -0.489 e. The second kappa shape index (κ2) is 8.36. The van der Waals surface area contributed by atoms with Gasteiger partial charge in [0, 0.05) is 37.9 Å². The molecule has 0 unspecified atom stereocenters. The molecule has 2 heterocycles. The average Bonchev–Trinajstić information content (AvgIpc) is 2.62. The van der Waals surface area contributed by atoms with Gasteiger partial charge in [-0.05, 0) is 39.4 Å². The van der Waals surface area contributed by atoms with Crippen LogP contribution >= 0.6 is 0 Å². The van der Waals surface area contributed by atoms with E-state index in [9.17, 15) is 0 Å². The van der Waals surface area contributed by atoms with Crippen LogP contribution in [-0.4, -0.2) is 53.7 Å². The Labute approximate surface area is 156 Å². The number of ether oxygens (including phenoxy) is 1. The molecule has 6 heteroatoms. The van der Waals surface area contributed by atoms with Crippen molar-refractivity contribution in [2.24, 2.45) is 0 Å². The SMILES string of the molecule is CCN1CCN(c2cc(C)nc(Nc3ccccc3OC(C)C)n2)CC1. The normalized spacial score (nSPS) is 15.3. The van der Waals surface area contributed by atoms with Gasteiger partial charge < -0.3 is 19.9 Å². The molecule has 1 aliphatic rings. The summed E-state index contributed by atoms with van der Waals surface area (Å²) in [5.41, 5.74) is 1.84. The molecule has 0 atom stereocenters. The fourth-order valence-corrected chi connectivity index (χ4v) is 3.11. The van der Waals surface area contributed by atoms with Gasteiger partial charge >= 0.3 is 0 Å². The van der Waals surface area contributed by atoms with Gasteiger partial charge in [-0.25, -0.2) is 4.98 Å². The lowest BCUT2D eigenvalue weighted by atomic mass is 10.3. The summed E-state index contributed by atoms with van der Waals surface area (Å²) in [6, 6.07) is 9.96. The van der Waals surface area contributed by atoms with E-state index in [1.807, 2.05) is 45.0 Å². The van der Waals surface area contributed by atoms with Crippen LogP contribution in [-0.2, 0) is 0 Å². The second-order valence-electron chi connectivity index (χ2n) is 6.90. The zero-order valence-electron chi connectivity index (χ0n) is 16.2. The number of anilines is 3. The molecule has 3 rings (SSSR count). The molecular weight excluding hydrogens is 326 g/mol. The van der Waals surface area contributed by atoms with E-state index in [1.165, 1.54) is 0 Å². The number of rotatable bonds is 6. The fraction of sp³-hybridized carbons (Fsp3) is 0.500. The van der Waals surface area contributed by atoms with E-state index in [0.717, 1.165) is 55.7 Å². The van der Waals surface area contributed by atoms with Gasteiger partial charge in [0.1, 0.15) is 11.6 Å². The quantitative estimate of drug-likeness (QED) is 0.856. The van der Waals surface area contributed by atoms with Crippen molar-refractivity contribution >= 4 is 17.5 Å². The first-order chi connectivity index (χ1) is 12.5. The van der Waals surface area contributed by atoms with Crippen LogP contribution < -0.4 is 15.0 Å². The lowest BCUT2D eigenvalue weighted by Gasteiger charge is -2.34. The number of aromatic nitrogens is 2. The summed E-state index contributed by atoms with van der Waals surface area (Å²) in [5, 5.41) is 3.33. The third-order valence-corrected chi connectivity index (χ3v) is 4.48. The molecule has 0 amide bonds. The highest BCUT2D eigenvalue weighted by Gasteiger charge is 2.18. The molecule has 0 saturated carbocycles. The Hall–Kier alpha value is -2.34. The highest BCUT2D eigenvalue weighted by atomic mass is 16.5. The average molecular weight is 355 g/mol. The van der Waals surface area contributed by atoms with Crippen LogP contribution in [0, 0.1) is 6.92 Å². The lowest BCUT2D eigenvalue weighted by molar-refractivity contribution is 0.244. The molecule has 1 saturated heterocycles. The Morgan fingerprint density at radius 3 is 2.54 bits per heavy atom.